The Morgan fingerprint density at radius 2 is 1.76 bits per heavy atom. The third-order valence-corrected chi connectivity index (χ3v) is 7.21. The maximum absolute atomic E-state index is 12.9. The van der Waals surface area contributed by atoms with Crippen molar-refractivity contribution >= 4 is 21.8 Å². The van der Waals surface area contributed by atoms with Crippen molar-refractivity contribution in [3.05, 3.63) is 59.9 Å². The number of hydrogen-bond donors (Lipinski definition) is 2. The normalized spacial score (nSPS) is 15.8. The Morgan fingerprint density at radius 3 is 2.39 bits per heavy atom. The van der Waals surface area contributed by atoms with E-state index in [0.717, 1.165) is 0 Å². The van der Waals surface area contributed by atoms with Crippen molar-refractivity contribution < 1.29 is 27.1 Å². The van der Waals surface area contributed by atoms with Crippen molar-refractivity contribution in [1.82, 2.24) is 15.2 Å². The van der Waals surface area contributed by atoms with Gasteiger partial charge in [-0.2, -0.15) is 9.57 Å². The predicted octanol–water partition coefficient (Wildman–Crippen LogP) is 1.71. The summed E-state index contributed by atoms with van der Waals surface area (Å²) in [5.41, 5.74) is 4.70. The van der Waals surface area contributed by atoms with Crippen LogP contribution >= 0.6 is 0 Å². The fraction of sp³-hybridized carbons (Fsp3) is 0.318. The van der Waals surface area contributed by atoms with Gasteiger partial charge in [0, 0.05) is 19.0 Å². The molecular weight excluding hydrogens is 451 g/mol. The zero-order valence-electron chi connectivity index (χ0n) is 17.8. The Bertz CT molecular complexity index is 1160. The number of hydrazine groups is 1. The number of ether oxygens (including phenoxy) is 1. The summed E-state index contributed by atoms with van der Waals surface area (Å²) < 4.78 is 45.4. The van der Waals surface area contributed by atoms with Crippen molar-refractivity contribution in [2.75, 3.05) is 13.1 Å². The van der Waals surface area contributed by atoms with Crippen LogP contribution in [0.5, 0.6) is 5.75 Å². The number of carbonyl (C=O) groups excluding carboxylic acids is 2. The van der Waals surface area contributed by atoms with Crippen LogP contribution in [0, 0.1) is 23.1 Å². The van der Waals surface area contributed by atoms with Gasteiger partial charge in [0.15, 0.2) is 6.10 Å². The molecule has 0 spiro atoms. The maximum atomic E-state index is 12.9. The van der Waals surface area contributed by atoms with E-state index in [9.17, 15) is 27.7 Å². The van der Waals surface area contributed by atoms with E-state index in [1.165, 1.54) is 47.6 Å². The van der Waals surface area contributed by atoms with Gasteiger partial charge in [-0.1, -0.05) is 12.1 Å². The highest BCUT2D eigenvalue weighted by Crippen LogP contribution is 2.25. The van der Waals surface area contributed by atoms with Crippen LogP contribution in [0.3, 0.4) is 0 Å². The first-order valence-corrected chi connectivity index (χ1v) is 11.7. The topological polar surface area (TPSA) is 129 Å². The van der Waals surface area contributed by atoms with Gasteiger partial charge in [0.25, 0.3) is 5.91 Å². The molecule has 0 saturated carbocycles. The SMILES string of the molecule is C[C@H](Oc1ccc(F)cc1)C(=O)NNC(=O)C1CCN(S(=O)(=O)c2ccccc2C#N)CC1. The van der Waals surface area contributed by atoms with Gasteiger partial charge >= 0.3 is 0 Å². The van der Waals surface area contributed by atoms with Crippen LogP contribution in [0.25, 0.3) is 0 Å². The molecule has 0 aromatic heterocycles. The van der Waals surface area contributed by atoms with E-state index in [4.69, 9.17) is 4.74 Å². The van der Waals surface area contributed by atoms with Crippen molar-refractivity contribution in [3.8, 4) is 11.8 Å². The van der Waals surface area contributed by atoms with Gasteiger partial charge in [-0.25, -0.2) is 12.8 Å². The van der Waals surface area contributed by atoms with E-state index in [-0.39, 0.29) is 36.4 Å². The second-order valence-electron chi connectivity index (χ2n) is 7.48. The van der Waals surface area contributed by atoms with E-state index in [0.29, 0.717) is 5.75 Å². The van der Waals surface area contributed by atoms with Crippen molar-refractivity contribution in [2.45, 2.75) is 30.8 Å². The molecule has 11 heteroatoms. The molecule has 174 valence electrons. The Morgan fingerprint density at radius 1 is 1.12 bits per heavy atom. The van der Waals surface area contributed by atoms with Crippen molar-refractivity contribution in [3.63, 3.8) is 0 Å². The number of hydrogen-bond acceptors (Lipinski definition) is 6. The second kappa shape index (κ2) is 10.4. The van der Waals surface area contributed by atoms with E-state index in [1.807, 2.05) is 6.07 Å². The molecule has 0 aliphatic carbocycles. The number of nitriles is 1. The van der Waals surface area contributed by atoms with Gasteiger partial charge in [-0.3, -0.25) is 20.4 Å². The van der Waals surface area contributed by atoms with Gasteiger partial charge in [-0.15, -0.1) is 0 Å². The molecule has 0 unspecified atom stereocenters. The van der Waals surface area contributed by atoms with E-state index < -0.39 is 39.7 Å². The number of halogens is 1. The summed E-state index contributed by atoms with van der Waals surface area (Å²) in [5, 5.41) is 9.19. The average Bonchev–Trinajstić information content (AvgIpc) is 2.83. The number of rotatable bonds is 6. The molecule has 2 amide bonds. The second-order valence-corrected chi connectivity index (χ2v) is 9.39. The van der Waals surface area contributed by atoms with E-state index >= 15 is 0 Å². The third kappa shape index (κ3) is 5.85. The Kier molecular flexibility index (Phi) is 7.63. The number of benzene rings is 2. The molecule has 1 saturated heterocycles. The fourth-order valence-electron chi connectivity index (χ4n) is 3.38. The number of nitrogens with one attached hydrogen (secondary N) is 2. The summed E-state index contributed by atoms with van der Waals surface area (Å²) in [6, 6.07) is 13.0. The number of nitrogens with zero attached hydrogens (tertiary/aromatic N) is 2. The lowest BCUT2D eigenvalue weighted by Crippen LogP contribution is -2.51. The highest BCUT2D eigenvalue weighted by atomic mass is 32.2. The predicted molar refractivity (Wildman–Crippen MR) is 115 cm³/mol. The lowest BCUT2D eigenvalue weighted by atomic mass is 9.98. The molecule has 0 bridgehead atoms. The Balaban J connectivity index is 1.49. The standard InChI is InChI=1S/C22H23FN4O5S/c1-15(32-19-8-6-18(23)7-9-19)21(28)25-26-22(29)16-10-12-27(13-11-16)33(30,31)20-5-3-2-4-17(20)14-24/h2-9,15-16H,10-13H2,1H3,(H,25,28)(H,26,29)/t15-/m0/s1. The maximum Gasteiger partial charge on any atom is 0.279 e. The van der Waals surface area contributed by atoms with Gasteiger partial charge in [0.05, 0.1) is 10.5 Å². The van der Waals surface area contributed by atoms with Crippen LogP contribution in [-0.4, -0.2) is 43.7 Å². The van der Waals surface area contributed by atoms with E-state index in [2.05, 4.69) is 10.9 Å². The van der Waals surface area contributed by atoms with E-state index in [1.54, 1.807) is 12.1 Å². The van der Waals surface area contributed by atoms with Gasteiger partial charge in [0.1, 0.15) is 17.6 Å². The summed E-state index contributed by atoms with van der Waals surface area (Å²) in [7, 11) is -3.85. The highest BCUT2D eigenvalue weighted by molar-refractivity contribution is 7.89. The lowest BCUT2D eigenvalue weighted by molar-refractivity contribution is -0.134. The molecular formula is C22H23FN4O5S. The van der Waals surface area contributed by atoms with Crippen molar-refractivity contribution in [1.29, 1.82) is 5.26 Å². The van der Waals surface area contributed by atoms with Gasteiger partial charge < -0.3 is 4.74 Å². The lowest BCUT2D eigenvalue weighted by Gasteiger charge is -2.30. The minimum atomic E-state index is -3.85. The van der Waals surface area contributed by atoms with Crippen LogP contribution < -0.4 is 15.6 Å². The molecule has 9 nitrogen and oxygen atoms in total. The summed E-state index contributed by atoms with van der Waals surface area (Å²) in [6.07, 6.45) is -0.419. The summed E-state index contributed by atoms with van der Waals surface area (Å²) >= 11 is 0. The van der Waals surface area contributed by atoms with Crippen LogP contribution in [0.2, 0.25) is 0 Å². The smallest absolute Gasteiger partial charge is 0.279 e. The number of sulfonamides is 1. The molecule has 2 aromatic carbocycles. The minimum Gasteiger partial charge on any atom is -0.481 e. The molecule has 0 radical (unpaired) electrons. The zero-order valence-corrected chi connectivity index (χ0v) is 18.6. The molecule has 33 heavy (non-hydrogen) atoms. The highest BCUT2D eigenvalue weighted by Gasteiger charge is 2.33. The first kappa shape index (κ1) is 24.2. The average molecular weight is 475 g/mol. The molecule has 1 fully saturated rings. The van der Waals surface area contributed by atoms with Gasteiger partial charge in [0.2, 0.25) is 15.9 Å². The molecule has 2 aromatic rings. The molecule has 3 rings (SSSR count). The summed E-state index contributed by atoms with van der Waals surface area (Å²) in [6.45, 7) is 1.70. The molecule has 1 atom stereocenters. The number of piperidine rings is 1. The molecule has 1 aliphatic heterocycles. The summed E-state index contributed by atoms with van der Waals surface area (Å²) in [5.74, 6) is -1.65. The first-order chi connectivity index (χ1) is 15.7. The number of amides is 2. The van der Waals surface area contributed by atoms with Crippen molar-refractivity contribution in [2.24, 2.45) is 5.92 Å². The monoisotopic (exact) mass is 474 g/mol. The fourth-order valence-corrected chi connectivity index (χ4v) is 4.99. The molecule has 1 heterocycles. The van der Waals surface area contributed by atoms with Crippen LogP contribution in [0.1, 0.15) is 25.3 Å². The van der Waals surface area contributed by atoms with Crippen LogP contribution in [0.15, 0.2) is 53.4 Å². The van der Waals surface area contributed by atoms with Crippen LogP contribution in [0.4, 0.5) is 4.39 Å². The molecule has 1 aliphatic rings. The minimum absolute atomic E-state index is 0.0576. The Labute approximate surface area is 191 Å². The quantitative estimate of drug-likeness (QED) is 0.614. The third-order valence-electron chi connectivity index (χ3n) is 5.25. The zero-order chi connectivity index (χ0) is 24.0. The first-order valence-electron chi connectivity index (χ1n) is 10.2. The molecule has 2 N–H and O–H groups in total. The Hall–Kier alpha value is -3.49. The number of carbonyl (C=O) groups is 2. The van der Waals surface area contributed by atoms with Gasteiger partial charge in [-0.05, 0) is 56.2 Å². The van der Waals surface area contributed by atoms with Crippen LogP contribution in [-0.2, 0) is 19.6 Å². The summed E-state index contributed by atoms with van der Waals surface area (Å²) in [4.78, 5) is 24.5. The largest absolute Gasteiger partial charge is 0.481 e.